The van der Waals surface area contributed by atoms with Crippen molar-refractivity contribution in [3.05, 3.63) is 11.5 Å². The van der Waals surface area contributed by atoms with E-state index >= 15 is 0 Å². The number of nitrogens with two attached hydrogens (primary N) is 1. The zero-order valence-electron chi connectivity index (χ0n) is 4.91. The topological polar surface area (TPSA) is 63.3 Å². The molecule has 0 heterocycles. The Labute approximate surface area is 57.9 Å². The maximum Gasteiger partial charge on any atom is 0.328 e. The summed E-state index contributed by atoms with van der Waals surface area (Å²) in [7, 11) is 0. The molecule has 0 rings (SSSR count). The number of hydrogen-bond donors (Lipinski definition) is 2. The van der Waals surface area contributed by atoms with Gasteiger partial charge in [0.25, 0.3) is 0 Å². The minimum atomic E-state index is -0.917. The standard InChI is InChI=1S/C5H9NO2S/c6-2-4-9-3-1-5(7)8/h1,3H,2,4,6H2,(H,7,8)/b3-1+. The third kappa shape index (κ3) is 7.52. The first kappa shape index (κ1) is 8.52. The lowest BCUT2D eigenvalue weighted by Gasteiger charge is -1.85. The van der Waals surface area contributed by atoms with Crippen molar-refractivity contribution in [1.29, 1.82) is 0 Å². The predicted molar refractivity (Wildman–Crippen MR) is 38.3 cm³/mol. The van der Waals surface area contributed by atoms with Gasteiger partial charge in [0, 0.05) is 18.4 Å². The number of carboxylic acids is 1. The molecule has 0 aromatic rings. The van der Waals surface area contributed by atoms with Gasteiger partial charge < -0.3 is 10.8 Å². The van der Waals surface area contributed by atoms with E-state index < -0.39 is 5.97 Å². The Morgan fingerprint density at radius 1 is 1.78 bits per heavy atom. The molecule has 0 aromatic heterocycles. The summed E-state index contributed by atoms with van der Waals surface area (Å²) < 4.78 is 0. The van der Waals surface area contributed by atoms with Crippen LogP contribution in [0.2, 0.25) is 0 Å². The highest BCUT2D eigenvalue weighted by Crippen LogP contribution is 1.98. The van der Waals surface area contributed by atoms with Crippen LogP contribution in [0.25, 0.3) is 0 Å². The summed E-state index contributed by atoms with van der Waals surface area (Å²) >= 11 is 1.40. The fourth-order valence-corrected chi connectivity index (χ4v) is 0.727. The molecule has 4 heteroatoms. The van der Waals surface area contributed by atoms with Crippen LogP contribution in [0.15, 0.2) is 11.5 Å². The Balaban J connectivity index is 3.15. The lowest BCUT2D eigenvalue weighted by Crippen LogP contribution is -2.00. The molecule has 0 fully saturated rings. The molecule has 0 saturated carbocycles. The van der Waals surface area contributed by atoms with Gasteiger partial charge in [-0.2, -0.15) is 0 Å². The van der Waals surface area contributed by atoms with Crippen LogP contribution in [0.4, 0.5) is 0 Å². The van der Waals surface area contributed by atoms with Gasteiger partial charge in [-0.1, -0.05) is 0 Å². The number of hydrogen-bond acceptors (Lipinski definition) is 3. The third-order valence-corrected chi connectivity index (χ3v) is 1.34. The van der Waals surface area contributed by atoms with Crippen LogP contribution in [0.5, 0.6) is 0 Å². The van der Waals surface area contributed by atoms with E-state index in [1.165, 1.54) is 17.2 Å². The SMILES string of the molecule is NCCS/C=C/C(=O)O. The molecule has 0 saturated heterocycles. The van der Waals surface area contributed by atoms with Crippen LogP contribution >= 0.6 is 11.8 Å². The molecule has 0 radical (unpaired) electrons. The Kier molecular flexibility index (Phi) is 5.35. The van der Waals surface area contributed by atoms with Crippen molar-refractivity contribution in [1.82, 2.24) is 0 Å². The number of carboxylic acid groups (broad SMARTS) is 1. The Bertz CT molecular complexity index is 114. The largest absolute Gasteiger partial charge is 0.478 e. The summed E-state index contributed by atoms with van der Waals surface area (Å²) in [5.41, 5.74) is 5.14. The molecule has 0 unspecified atom stereocenters. The molecule has 52 valence electrons. The van der Waals surface area contributed by atoms with Gasteiger partial charge in [-0.05, 0) is 5.41 Å². The summed E-state index contributed by atoms with van der Waals surface area (Å²) in [6, 6.07) is 0. The highest BCUT2D eigenvalue weighted by Gasteiger charge is 1.83. The molecule has 9 heavy (non-hydrogen) atoms. The summed E-state index contributed by atoms with van der Waals surface area (Å²) in [6.07, 6.45) is 1.10. The molecular formula is C5H9NO2S. The smallest absolute Gasteiger partial charge is 0.328 e. The van der Waals surface area contributed by atoms with Crippen molar-refractivity contribution < 1.29 is 9.90 Å². The van der Waals surface area contributed by atoms with Gasteiger partial charge in [0.15, 0.2) is 0 Å². The van der Waals surface area contributed by atoms with Gasteiger partial charge in [-0.25, -0.2) is 4.79 Å². The summed E-state index contributed by atoms with van der Waals surface area (Å²) in [5.74, 6) is -0.149. The van der Waals surface area contributed by atoms with Crippen LogP contribution in [-0.2, 0) is 4.79 Å². The number of thioether (sulfide) groups is 1. The maximum absolute atomic E-state index is 9.83. The first-order chi connectivity index (χ1) is 4.27. The summed E-state index contributed by atoms with van der Waals surface area (Å²) in [4.78, 5) is 9.83. The summed E-state index contributed by atoms with van der Waals surface area (Å²) in [6.45, 7) is 0.578. The third-order valence-electron chi connectivity index (χ3n) is 0.543. The van der Waals surface area contributed by atoms with E-state index in [9.17, 15) is 4.79 Å². The van der Waals surface area contributed by atoms with Crippen LogP contribution in [-0.4, -0.2) is 23.4 Å². The van der Waals surface area contributed by atoms with Crippen molar-refractivity contribution in [2.45, 2.75) is 0 Å². The second kappa shape index (κ2) is 5.65. The molecule has 0 aromatic carbocycles. The molecule has 0 aliphatic heterocycles. The van der Waals surface area contributed by atoms with Gasteiger partial charge in [0.1, 0.15) is 0 Å². The minimum absolute atomic E-state index is 0.578. The first-order valence-corrected chi connectivity index (χ1v) is 3.53. The number of carbonyl (C=O) groups is 1. The van der Waals surface area contributed by atoms with Crippen molar-refractivity contribution in [3.63, 3.8) is 0 Å². The lowest BCUT2D eigenvalue weighted by molar-refractivity contribution is -0.131. The molecular weight excluding hydrogens is 138 g/mol. The molecule has 0 atom stereocenters. The highest BCUT2D eigenvalue weighted by molar-refractivity contribution is 8.02. The van der Waals surface area contributed by atoms with E-state index in [-0.39, 0.29) is 0 Å². The van der Waals surface area contributed by atoms with E-state index in [4.69, 9.17) is 10.8 Å². The van der Waals surface area contributed by atoms with Gasteiger partial charge in [0.05, 0.1) is 0 Å². The Hall–Kier alpha value is -0.480. The number of rotatable bonds is 4. The molecule has 0 amide bonds. The van der Waals surface area contributed by atoms with Crippen LogP contribution in [0, 0.1) is 0 Å². The van der Waals surface area contributed by atoms with Crippen LogP contribution in [0.3, 0.4) is 0 Å². The zero-order chi connectivity index (χ0) is 7.11. The summed E-state index contributed by atoms with van der Waals surface area (Å²) in [5, 5.41) is 9.60. The predicted octanol–water partition coefficient (Wildman–Crippen LogP) is 0.277. The first-order valence-electron chi connectivity index (χ1n) is 2.48. The fourth-order valence-electron chi connectivity index (χ4n) is 0.242. The van der Waals surface area contributed by atoms with Crippen molar-refractivity contribution in [2.24, 2.45) is 5.73 Å². The minimum Gasteiger partial charge on any atom is -0.478 e. The van der Waals surface area contributed by atoms with E-state index in [0.717, 1.165) is 11.8 Å². The van der Waals surface area contributed by atoms with Crippen molar-refractivity contribution in [2.75, 3.05) is 12.3 Å². The highest BCUT2D eigenvalue weighted by atomic mass is 32.2. The zero-order valence-corrected chi connectivity index (χ0v) is 5.73. The molecule has 0 aliphatic carbocycles. The van der Waals surface area contributed by atoms with Gasteiger partial charge in [-0.3, -0.25) is 0 Å². The quantitative estimate of drug-likeness (QED) is 0.443. The van der Waals surface area contributed by atoms with Gasteiger partial charge >= 0.3 is 5.97 Å². The Morgan fingerprint density at radius 2 is 2.44 bits per heavy atom. The molecule has 3 nitrogen and oxygen atoms in total. The van der Waals surface area contributed by atoms with E-state index in [0.29, 0.717) is 6.54 Å². The maximum atomic E-state index is 9.83. The Morgan fingerprint density at radius 3 is 2.89 bits per heavy atom. The van der Waals surface area contributed by atoms with E-state index in [1.807, 2.05) is 0 Å². The van der Waals surface area contributed by atoms with Crippen LogP contribution < -0.4 is 5.73 Å². The van der Waals surface area contributed by atoms with E-state index in [2.05, 4.69) is 0 Å². The van der Waals surface area contributed by atoms with Crippen molar-refractivity contribution >= 4 is 17.7 Å². The van der Waals surface area contributed by atoms with Gasteiger partial charge in [0.2, 0.25) is 0 Å². The normalized spacial score (nSPS) is 10.3. The lowest BCUT2D eigenvalue weighted by atomic mass is 10.7. The average Bonchev–Trinajstić information content (AvgIpc) is 1.80. The number of aliphatic carboxylic acids is 1. The van der Waals surface area contributed by atoms with Crippen molar-refractivity contribution in [3.8, 4) is 0 Å². The monoisotopic (exact) mass is 147 g/mol. The second-order valence-corrected chi connectivity index (χ2v) is 2.31. The van der Waals surface area contributed by atoms with E-state index in [1.54, 1.807) is 0 Å². The molecule has 0 aliphatic rings. The molecule has 0 bridgehead atoms. The second-order valence-electron chi connectivity index (χ2n) is 1.30. The van der Waals surface area contributed by atoms with Gasteiger partial charge in [-0.15, -0.1) is 11.8 Å². The molecule has 3 N–H and O–H groups in total. The van der Waals surface area contributed by atoms with Crippen LogP contribution in [0.1, 0.15) is 0 Å². The molecule has 0 spiro atoms. The average molecular weight is 147 g/mol. The fraction of sp³-hybridized carbons (Fsp3) is 0.400.